The highest BCUT2D eigenvalue weighted by atomic mass is 16.5. The van der Waals surface area contributed by atoms with Crippen molar-refractivity contribution in [1.82, 2.24) is 29.7 Å². The number of hydrogen-bond acceptors (Lipinski definition) is 6. The first-order valence-electron chi connectivity index (χ1n) is 7.82. The third kappa shape index (κ3) is 2.18. The Morgan fingerprint density at radius 1 is 1.30 bits per heavy atom. The van der Waals surface area contributed by atoms with Crippen molar-refractivity contribution in [3.05, 3.63) is 35.9 Å². The second-order valence-corrected chi connectivity index (χ2v) is 5.99. The summed E-state index contributed by atoms with van der Waals surface area (Å²) in [5.41, 5.74) is 4.10. The first kappa shape index (κ1) is 13.0. The van der Waals surface area contributed by atoms with E-state index in [2.05, 4.69) is 38.1 Å². The minimum atomic E-state index is 0.535. The van der Waals surface area contributed by atoms with Crippen molar-refractivity contribution in [2.45, 2.75) is 19.1 Å². The Labute approximate surface area is 132 Å². The maximum absolute atomic E-state index is 5.47. The van der Waals surface area contributed by atoms with Crippen molar-refractivity contribution in [3.63, 3.8) is 0 Å². The highest BCUT2D eigenvalue weighted by molar-refractivity contribution is 5.73. The largest absolute Gasteiger partial charge is 0.373 e. The Bertz CT molecular complexity index is 840. The van der Waals surface area contributed by atoms with Gasteiger partial charge in [0.15, 0.2) is 11.5 Å². The lowest BCUT2D eigenvalue weighted by molar-refractivity contribution is 0.0801. The van der Waals surface area contributed by atoms with E-state index < -0.39 is 0 Å². The van der Waals surface area contributed by atoms with E-state index in [-0.39, 0.29) is 0 Å². The van der Waals surface area contributed by atoms with E-state index in [4.69, 9.17) is 4.74 Å². The molecule has 0 radical (unpaired) electrons. The number of aromatic nitrogens is 5. The number of fused-ring (bicyclic) bond motifs is 2. The lowest BCUT2D eigenvalue weighted by atomic mass is 9.95. The number of pyridine rings is 1. The van der Waals surface area contributed by atoms with E-state index >= 15 is 0 Å². The van der Waals surface area contributed by atoms with Gasteiger partial charge in [-0.3, -0.25) is 4.68 Å². The molecule has 1 fully saturated rings. The zero-order valence-electron chi connectivity index (χ0n) is 12.6. The molecule has 8 heteroatoms. The Hall–Kier alpha value is -2.45. The summed E-state index contributed by atoms with van der Waals surface area (Å²) >= 11 is 0. The van der Waals surface area contributed by atoms with Gasteiger partial charge in [0, 0.05) is 31.3 Å². The monoisotopic (exact) mass is 311 g/mol. The molecule has 0 atom stereocenters. The topological polar surface area (TPSA) is 81.3 Å². The molecule has 0 unspecified atom stereocenters. The minimum Gasteiger partial charge on any atom is -0.373 e. The van der Waals surface area contributed by atoms with Crippen LogP contribution in [0, 0.1) is 0 Å². The van der Waals surface area contributed by atoms with Crippen LogP contribution < -0.4 is 10.6 Å². The average molecular weight is 311 g/mol. The predicted octanol–water partition coefficient (Wildman–Crippen LogP) is 0.886. The van der Waals surface area contributed by atoms with Crippen molar-refractivity contribution in [2.24, 2.45) is 0 Å². The second-order valence-electron chi connectivity index (χ2n) is 5.99. The van der Waals surface area contributed by atoms with Crippen molar-refractivity contribution < 1.29 is 4.74 Å². The quantitative estimate of drug-likeness (QED) is 0.747. The van der Waals surface area contributed by atoms with E-state index in [1.165, 1.54) is 5.56 Å². The number of nitrogens with one attached hydrogen (secondary N) is 2. The van der Waals surface area contributed by atoms with Gasteiger partial charge in [-0.2, -0.15) is 10.2 Å². The zero-order chi connectivity index (χ0) is 15.2. The van der Waals surface area contributed by atoms with Gasteiger partial charge >= 0.3 is 0 Å². The van der Waals surface area contributed by atoms with E-state index in [1.807, 2.05) is 15.3 Å². The Balaban J connectivity index is 1.53. The summed E-state index contributed by atoms with van der Waals surface area (Å²) in [5.74, 6) is 1.35. The SMILES string of the molecule is c1nc2c(Nc3cc4n(n3)CCOC4)cc(C3CNC3)cn2n1. The maximum atomic E-state index is 5.47. The van der Waals surface area contributed by atoms with E-state index in [1.54, 1.807) is 6.33 Å². The summed E-state index contributed by atoms with van der Waals surface area (Å²) < 4.78 is 9.29. The fourth-order valence-electron chi connectivity index (χ4n) is 3.08. The molecular formula is C15H17N7O. The van der Waals surface area contributed by atoms with Crippen LogP contribution in [0.25, 0.3) is 5.65 Å². The van der Waals surface area contributed by atoms with Crippen LogP contribution >= 0.6 is 0 Å². The fraction of sp³-hybridized carbons (Fsp3) is 0.400. The van der Waals surface area contributed by atoms with Crippen LogP contribution in [0.15, 0.2) is 24.7 Å². The van der Waals surface area contributed by atoms with Crippen LogP contribution in [0.4, 0.5) is 11.5 Å². The molecule has 0 spiro atoms. The molecule has 0 bridgehead atoms. The van der Waals surface area contributed by atoms with Crippen LogP contribution in [-0.4, -0.2) is 44.1 Å². The standard InChI is InChI=1S/C15H17N7O/c1-2-23-8-12-4-14(20-21(1)12)19-13-3-10(11-5-16-6-11)7-22-15(13)17-9-18-22/h3-4,7,9,11,16H,1-2,5-6,8H2,(H,19,20). The molecule has 2 N–H and O–H groups in total. The maximum Gasteiger partial charge on any atom is 0.178 e. The van der Waals surface area contributed by atoms with Crippen molar-refractivity contribution in [2.75, 3.05) is 25.0 Å². The predicted molar refractivity (Wildman–Crippen MR) is 83.8 cm³/mol. The highest BCUT2D eigenvalue weighted by Gasteiger charge is 2.21. The van der Waals surface area contributed by atoms with Gasteiger partial charge in [0.05, 0.1) is 31.1 Å². The fourth-order valence-corrected chi connectivity index (χ4v) is 3.08. The number of anilines is 2. The van der Waals surface area contributed by atoms with Gasteiger partial charge in [0.1, 0.15) is 6.33 Å². The van der Waals surface area contributed by atoms with Crippen LogP contribution in [0.1, 0.15) is 17.2 Å². The molecule has 5 rings (SSSR count). The Kier molecular flexibility index (Phi) is 2.85. The lowest BCUT2D eigenvalue weighted by Gasteiger charge is -2.27. The first-order chi connectivity index (χ1) is 11.4. The van der Waals surface area contributed by atoms with Crippen LogP contribution in [0.3, 0.4) is 0 Å². The van der Waals surface area contributed by atoms with Gasteiger partial charge in [-0.05, 0) is 11.6 Å². The molecule has 118 valence electrons. The molecule has 0 amide bonds. The van der Waals surface area contributed by atoms with Gasteiger partial charge in [-0.1, -0.05) is 0 Å². The molecule has 2 aliphatic rings. The Morgan fingerprint density at radius 3 is 3.09 bits per heavy atom. The van der Waals surface area contributed by atoms with Gasteiger partial charge in [0.25, 0.3) is 0 Å². The van der Waals surface area contributed by atoms with Gasteiger partial charge in [-0.25, -0.2) is 9.50 Å². The molecule has 0 saturated carbocycles. The second kappa shape index (κ2) is 5.04. The van der Waals surface area contributed by atoms with Gasteiger partial charge < -0.3 is 15.4 Å². The lowest BCUT2D eigenvalue weighted by Crippen LogP contribution is -2.40. The molecule has 1 saturated heterocycles. The zero-order valence-corrected chi connectivity index (χ0v) is 12.6. The van der Waals surface area contributed by atoms with E-state index in [0.29, 0.717) is 19.1 Å². The molecule has 0 aliphatic carbocycles. The summed E-state index contributed by atoms with van der Waals surface area (Å²) in [6, 6.07) is 4.19. The summed E-state index contributed by atoms with van der Waals surface area (Å²) in [7, 11) is 0. The van der Waals surface area contributed by atoms with E-state index in [9.17, 15) is 0 Å². The molecule has 8 nitrogen and oxygen atoms in total. The van der Waals surface area contributed by atoms with Gasteiger partial charge in [-0.15, -0.1) is 0 Å². The number of ether oxygens (including phenoxy) is 1. The summed E-state index contributed by atoms with van der Waals surface area (Å²) in [6.07, 6.45) is 3.64. The smallest absolute Gasteiger partial charge is 0.178 e. The molecule has 23 heavy (non-hydrogen) atoms. The minimum absolute atomic E-state index is 0.535. The van der Waals surface area contributed by atoms with Crippen molar-refractivity contribution in [3.8, 4) is 0 Å². The first-order valence-corrected chi connectivity index (χ1v) is 7.82. The highest BCUT2D eigenvalue weighted by Crippen LogP contribution is 2.27. The van der Waals surface area contributed by atoms with E-state index in [0.717, 1.165) is 42.5 Å². The third-order valence-corrected chi connectivity index (χ3v) is 4.47. The third-order valence-electron chi connectivity index (χ3n) is 4.47. The molecule has 3 aromatic heterocycles. The summed E-state index contributed by atoms with van der Waals surface area (Å²) in [5, 5.41) is 15.6. The molecule has 0 aromatic carbocycles. The molecule has 2 aliphatic heterocycles. The van der Waals surface area contributed by atoms with Gasteiger partial charge in [0.2, 0.25) is 0 Å². The molecule has 3 aromatic rings. The average Bonchev–Trinajstić information content (AvgIpc) is 3.10. The molecule has 5 heterocycles. The van der Waals surface area contributed by atoms with Crippen LogP contribution in [-0.2, 0) is 17.9 Å². The normalized spacial score (nSPS) is 17.9. The number of rotatable bonds is 3. The summed E-state index contributed by atoms with van der Waals surface area (Å²) in [6.45, 7) is 4.15. The van der Waals surface area contributed by atoms with Crippen molar-refractivity contribution in [1.29, 1.82) is 0 Å². The number of hydrogen-bond donors (Lipinski definition) is 2. The molecular weight excluding hydrogens is 294 g/mol. The van der Waals surface area contributed by atoms with Crippen LogP contribution in [0.2, 0.25) is 0 Å². The van der Waals surface area contributed by atoms with Crippen molar-refractivity contribution >= 4 is 17.2 Å². The Morgan fingerprint density at radius 2 is 2.26 bits per heavy atom. The van der Waals surface area contributed by atoms with Crippen LogP contribution in [0.5, 0.6) is 0 Å². The summed E-state index contributed by atoms with van der Waals surface area (Å²) in [4.78, 5) is 4.36. The number of nitrogens with zero attached hydrogens (tertiary/aromatic N) is 5.